The fraction of sp³-hybridized carbons (Fsp3) is 0.133. The summed E-state index contributed by atoms with van der Waals surface area (Å²) < 4.78 is 31.2. The van der Waals surface area contributed by atoms with Crippen molar-refractivity contribution in [2.75, 3.05) is 7.11 Å². The molecule has 2 rings (SSSR count). The van der Waals surface area contributed by atoms with Gasteiger partial charge in [-0.25, -0.2) is 13.6 Å². The molecule has 19 heavy (non-hydrogen) atoms. The van der Waals surface area contributed by atoms with Crippen LogP contribution in [0.3, 0.4) is 0 Å². The van der Waals surface area contributed by atoms with Crippen molar-refractivity contribution in [3.8, 4) is 11.1 Å². The van der Waals surface area contributed by atoms with Crippen LogP contribution in [0.2, 0.25) is 0 Å². The molecule has 0 unspecified atom stereocenters. The van der Waals surface area contributed by atoms with Gasteiger partial charge >= 0.3 is 5.97 Å². The second-order valence-electron chi connectivity index (χ2n) is 4.18. The Labute approximate surface area is 109 Å². The molecule has 0 atom stereocenters. The van der Waals surface area contributed by atoms with Crippen LogP contribution in [0.25, 0.3) is 11.1 Å². The molecule has 0 bridgehead atoms. The molecule has 0 aliphatic rings. The van der Waals surface area contributed by atoms with Gasteiger partial charge in [-0.3, -0.25) is 0 Å². The Morgan fingerprint density at radius 2 is 1.79 bits per heavy atom. The zero-order chi connectivity index (χ0) is 14.0. The van der Waals surface area contributed by atoms with Gasteiger partial charge in [0, 0.05) is 0 Å². The van der Waals surface area contributed by atoms with Crippen LogP contribution in [0.5, 0.6) is 0 Å². The van der Waals surface area contributed by atoms with Crippen LogP contribution in [-0.2, 0) is 4.74 Å². The zero-order valence-electron chi connectivity index (χ0n) is 10.5. The number of methoxy groups -OCH3 is 1. The van der Waals surface area contributed by atoms with Gasteiger partial charge in [0.2, 0.25) is 0 Å². The first-order valence-electron chi connectivity index (χ1n) is 5.66. The third-order valence-corrected chi connectivity index (χ3v) is 2.82. The van der Waals surface area contributed by atoms with Crippen molar-refractivity contribution in [1.29, 1.82) is 0 Å². The average Bonchev–Trinajstić information content (AvgIpc) is 2.37. The van der Waals surface area contributed by atoms with E-state index in [0.717, 1.165) is 6.07 Å². The van der Waals surface area contributed by atoms with Crippen LogP contribution in [0.4, 0.5) is 8.78 Å². The molecule has 0 saturated heterocycles. The first-order valence-corrected chi connectivity index (χ1v) is 5.66. The van der Waals surface area contributed by atoms with E-state index in [4.69, 9.17) is 0 Å². The van der Waals surface area contributed by atoms with Gasteiger partial charge in [-0.15, -0.1) is 0 Å². The minimum atomic E-state index is -0.611. The SMILES string of the molecule is COC(=O)c1cc(F)cc(-c2ccc(F)cc2C)c1. The lowest BCUT2D eigenvalue weighted by molar-refractivity contribution is 0.0600. The zero-order valence-corrected chi connectivity index (χ0v) is 10.5. The van der Waals surface area contributed by atoms with Crippen molar-refractivity contribution in [2.24, 2.45) is 0 Å². The molecule has 0 amide bonds. The van der Waals surface area contributed by atoms with Gasteiger partial charge in [0.05, 0.1) is 12.7 Å². The van der Waals surface area contributed by atoms with E-state index in [1.807, 2.05) is 0 Å². The number of carbonyl (C=O) groups is 1. The van der Waals surface area contributed by atoms with Gasteiger partial charge in [-0.2, -0.15) is 0 Å². The molecule has 2 aromatic rings. The first kappa shape index (κ1) is 13.2. The Kier molecular flexibility index (Phi) is 3.60. The van der Waals surface area contributed by atoms with E-state index >= 15 is 0 Å². The summed E-state index contributed by atoms with van der Waals surface area (Å²) in [6.07, 6.45) is 0. The number of hydrogen-bond acceptors (Lipinski definition) is 2. The summed E-state index contributed by atoms with van der Waals surface area (Å²) in [6.45, 7) is 1.72. The molecule has 2 aromatic carbocycles. The van der Waals surface area contributed by atoms with E-state index in [1.165, 1.54) is 31.4 Å². The monoisotopic (exact) mass is 262 g/mol. The Morgan fingerprint density at radius 3 is 2.42 bits per heavy atom. The second kappa shape index (κ2) is 5.18. The van der Waals surface area contributed by atoms with Gasteiger partial charge in [0.25, 0.3) is 0 Å². The fourth-order valence-electron chi connectivity index (χ4n) is 1.93. The van der Waals surface area contributed by atoms with E-state index in [2.05, 4.69) is 4.74 Å². The van der Waals surface area contributed by atoms with Crippen LogP contribution in [-0.4, -0.2) is 13.1 Å². The van der Waals surface area contributed by atoms with E-state index in [1.54, 1.807) is 13.0 Å². The highest BCUT2D eigenvalue weighted by molar-refractivity contribution is 5.91. The number of ether oxygens (including phenoxy) is 1. The number of benzene rings is 2. The van der Waals surface area contributed by atoms with Gasteiger partial charge in [0.15, 0.2) is 0 Å². The Balaban J connectivity index is 2.56. The Bertz CT molecular complexity index is 636. The summed E-state index contributed by atoms with van der Waals surface area (Å²) in [5.41, 5.74) is 1.98. The van der Waals surface area contributed by atoms with E-state index in [-0.39, 0.29) is 11.4 Å². The highest BCUT2D eigenvalue weighted by atomic mass is 19.1. The summed E-state index contributed by atoms with van der Waals surface area (Å²) in [7, 11) is 1.23. The van der Waals surface area contributed by atoms with Gasteiger partial charge < -0.3 is 4.74 Å². The molecule has 0 heterocycles. The van der Waals surface area contributed by atoms with Crippen LogP contribution in [0.15, 0.2) is 36.4 Å². The molecule has 0 aromatic heterocycles. The van der Waals surface area contributed by atoms with Gasteiger partial charge in [-0.1, -0.05) is 6.07 Å². The summed E-state index contributed by atoms with van der Waals surface area (Å²) in [6, 6.07) is 8.14. The highest BCUT2D eigenvalue weighted by Gasteiger charge is 2.11. The molecule has 0 radical (unpaired) electrons. The van der Waals surface area contributed by atoms with E-state index in [9.17, 15) is 13.6 Å². The molecule has 0 aliphatic carbocycles. The number of halogens is 2. The Morgan fingerprint density at radius 1 is 1.05 bits per heavy atom. The van der Waals surface area contributed by atoms with E-state index in [0.29, 0.717) is 16.7 Å². The van der Waals surface area contributed by atoms with Gasteiger partial charge in [0.1, 0.15) is 11.6 Å². The summed E-state index contributed by atoms with van der Waals surface area (Å²) in [5, 5.41) is 0. The second-order valence-corrected chi connectivity index (χ2v) is 4.18. The van der Waals surface area contributed by atoms with Crippen molar-refractivity contribution in [3.05, 3.63) is 59.2 Å². The summed E-state index contributed by atoms with van der Waals surface area (Å²) in [4.78, 5) is 11.4. The lowest BCUT2D eigenvalue weighted by atomic mass is 9.98. The molecule has 2 nitrogen and oxygen atoms in total. The summed E-state index contributed by atoms with van der Waals surface area (Å²) >= 11 is 0. The van der Waals surface area contributed by atoms with Crippen LogP contribution in [0, 0.1) is 18.6 Å². The minimum Gasteiger partial charge on any atom is -0.465 e. The number of esters is 1. The lowest BCUT2D eigenvalue weighted by Crippen LogP contribution is -2.02. The molecular formula is C15H12F2O2. The predicted octanol–water partition coefficient (Wildman–Crippen LogP) is 3.73. The van der Waals surface area contributed by atoms with Crippen LogP contribution < -0.4 is 0 Å². The number of hydrogen-bond donors (Lipinski definition) is 0. The van der Waals surface area contributed by atoms with Crippen molar-refractivity contribution in [1.82, 2.24) is 0 Å². The minimum absolute atomic E-state index is 0.126. The molecule has 0 fully saturated rings. The smallest absolute Gasteiger partial charge is 0.337 e. The summed E-state index contributed by atoms with van der Waals surface area (Å²) in [5.74, 6) is -1.51. The van der Waals surface area contributed by atoms with E-state index < -0.39 is 11.8 Å². The molecule has 4 heteroatoms. The largest absolute Gasteiger partial charge is 0.465 e. The van der Waals surface area contributed by atoms with Crippen molar-refractivity contribution in [2.45, 2.75) is 6.92 Å². The van der Waals surface area contributed by atoms with Crippen molar-refractivity contribution >= 4 is 5.97 Å². The number of rotatable bonds is 2. The van der Waals surface area contributed by atoms with Gasteiger partial charge in [-0.05, 0) is 53.9 Å². The standard InChI is InChI=1S/C15H12F2O2/c1-9-5-12(16)3-4-14(9)10-6-11(15(18)19-2)8-13(17)7-10/h3-8H,1-2H3. The molecule has 0 spiro atoms. The van der Waals surface area contributed by atoms with Crippen molar-refractivity contribution < 1.29 is 18.3 Å². The number of carbonyl (C=O) groups excluding carboxylic acids is 1. The normalized spacial score (nSPS) is 10.3. The molecule has 0 aliphatic heterocycles. The molecular weight excluding hydrogens is 250 g/mol. The Hall–Kier alpha value is -2.23. The van der Waals surface area contributed by atoms with Crippen LogP contribution in [0.1, 0.15) is 15.9 Å². The fourth-order valence-corrected chi connectivity index (χ4v) is 1.93. The predicted molar refractivity (Wildman–Crippen MR) is 67.9 cm³/mol. The first-order chi connectivity index (χ1) is 9.01. The van der Waals surface area contributed by atoms with Crippen LogP contribution >= 0.6 is 0 Å². The van der Waals surface area contributed by atoms with Crippen molar-refractivity contribution in [3.63, 3.8) is 0 Å². The maximum atomic E-state index is 13.5. The topological polar surface area (TPSA) is 26.3 Å². The maximum Gasteiger partial charge on any atom is 0.337 e. The highest BCUT2D eigenvalue weighted by Crippen LogP contribution is 2.26. The third kappa shape index (κ3) is 2.78. The number of aryl methyl sites for hydroxylation is 1. The third-order valence-electron chi connectivity index (χ3n) is 2.82. The lowest BCUT2D eigenvalue weighted by Gasteiger charge is -2.08. The average molecular weight is 262 g/mol. The molecule has 98 valence electrons. The molecule has 0 N–H and O–H groups in total. The molecule has 0 saturated carbocycles. The maximum absolute atomic E-state index is 13.5. The quantitative estimate of drug-likeness (QED) is 0.771.